The Hall–Kier alpha value is -0.840. The predicted molar refractivity (Wildman–Crippen MR) is 29.7 cm³/mol. The van der Waals surface area contributed by atoms with Crippen molar-refractivity contribution in [3.8, 4) is 0 Å². The maximum absolute atomic E-state index is 4.93. The minimum Gasteiger partial charge on any atom is -0.336 e. The Morgan fingerprint density at radius 2 is 1.89 bits per heavy atom. The van der Waals surface area contributed by atoms with Crippen LogP contribution in [0.4, 0.5) is 0 Å². The topological polar surface area (TPSA) is 58.7 Å². The molecule has 0 aromatic heterocycles. The van der Waals surface area contributed by atoms with E-state index in [1.165, 1.54) is 7.11 Å². The average molecular weight is 128 g/mol. The lowest BCUT2D eigenvalue weighted by Crippen LogP contribution is -2.21. The summed E-state index contributed by atoms with van der Waals surface area (Å²) in [4.78, 5) is 0. The van der Waals surface area contributed by atoms with Gasteiger partial charge in [0.15, 0.2) is 0 Å². The van der Waals surface area contributed by atoms with Crippen LogP contribution in [0.3, 0.4) is 0 Å². The molecule has 0 aromatic carbocycles. The molecule has 1 heterocycles. The molecule has 5 nitrogen and oxygen atoms in total. The first-order valence-corrected chi connectivity index (χ1v) is 2.72. The van der Waals surface area contributed by atoms with Crippen LogP contribution in [0.2, 0.25) is 0 Å². The predicted octanol–water partition coefficient (Wildman–Crippen LogP) is 1.53. The Kier molecular flexibility index (Phi) is 1.52. The molecule has 0 spiro atoms. The highest BCUT2D eigenvalue weighted by atomic mass is 16.5. The van der Waals surface area contributed by atoms with Crippen molar-refractivity contribution < 1.29 is 4.74 Å². The number of hydrogen-bond acceptors (Lipinski definition) is 5. The van der Waals surface area contributed by atoms with Crippen molar-refractivity contribution >= 4 is 0 Å². The Balaban J connectivity index is 2.69. The molecule has 9 heavy (non-hydrogen) atoms. The molecule has 1 aliphatic rings. The normalized spacial score (nSPS) is 21.1. The number of methoxy groups -OCH3 is 1. The third-order valence-electron chi connectivity index (χ3n) is 1.23. The third kappa shape index (κ3) is 0.951. The maximum atomic E-state index is 4.93. The van der Waals surface area contributed by atoms with Gasteiger partial charge in [-0.25, -0.2) is 0 Å². The standard InChI is InChI=1S/C4H8N4O/c1-3-4(9-2)5-7-8-6-4/h3H2,1-2H3. The lowest BCUT2D eigenvalue weighted by molar-refractivity contribution is -0.000569. The second kappa shape index (κ2) is 2.18. The molecule has 0 aromatic rings. The van der Waals surface area contributed by atoms with Crippen molar-refractivity contribution in [2.45, 2.75) is 19.2 Å². The summed E-state index contributed by atoms with van der Waals surface area (Å²) >= 11 is 0. The minimum absolute atomic E-state index is 0.663. The highest BCUT2D eigenvalue weighted by Gasteiger charge is 2.29. The van der Waals surface area contributed by atoms with Gasteiger partial charge >= 0.3 is 0 Å². The highest BCUT2D eigenvalue weighted by Crippen LogP contribution is 2.23. The van der Waals surface area contributed by atoms with Gasteiger partial charge in [-0.3, -0.25) is 0 Å². The van der Waals surface area contributed by atoms with Crippen molar-refractivity contribution in [3.05, 3.63) is 0 Å². The van der Waals surface area contributed by atoms with Crippen molar-refractivity contribution in [2.75, 3.05) is 7.11 Å². The van der Waals surface area contributed by atoms with E-state index in [0.717, 1.165) is 0 Å². The molecular weight excluding hydrogens is 120 g/mol. The van der Waals surface area contributed by atoms with E-state index < -0.39 is 5.85 Å². The molecule has 50 valence electrons. The molecule has 1 rings (SSSR count). The number of hydrogen-bond donors (Lipinski definition) is 0. The SMILES string of the molecule is CCC1(OC)N=NN=N1. The van der Waals surface area contributed by atoms with Gasteiger partial charge in [-0.2, -0.15) is 0 Å². The quantitative estimate of drug-likeness (QED) is 0.556. The van der Waals surface area contributed by atoms with Crippen molar-refractivity contribution in [1.29, 1.82) is 0 Å². The van der Waals surface area contributed by atoms with E-state index in [1.54, 1.807) is 0 Å². The van der Waals surface area contributed by atoms with Gasteiger partial charge in [-0.05, 0) is 10.4 Å². The molecule has 0 amide bonds. The van der Waals surface area contributed by atoms with E-state index >= 15 is 0 Å². The van der Waals surface area contributed by atoms with Crippen molar-refractivity contribution in [1.82, 2.24) is 0 Å². The average Bonchev–Trinajstić information content (AvgIpc) is 2.36. The third-order valence-corrected chi connectivity index (χ3v) is 1.23. The molecule has 0 N–H and O–H groups in total. The largest absolute Gasteiger partial charge is 0.336 e. The fourth-order valence-electron chi connectivity index (χ4n) is 0.567. The van der Waals surface area contributed by atoms with Crippen molar-refractivity contribution in [3.63, 3.8) is 0 Å². The van der Waals surface area contributed by atoms with Crippen LogP contribution in [0.1, 0.15) is 13.3 Å². The molecule has 0 bridgehead atoms. The Labute approximate surface area is 52.8 Å². The van der Waals surface area contributed by atoms with Gasteiger partial charge < -0.3 is 4.74 Å². The summed E-state index contributed by atoms with van der Waals surface area (Å²) in [6, 6.07) is 0. The van der Waals surface area contributed by atoms with Crippen LogP contribution < -0.4 is 0 Å². The van der Waals surface area contributed by atoms with E-state index in [-0.39, 0.29) is 0 Å². The first kappa shape index (κ1) is 6.28. The fourth-order valence-corrected chi connectivity index (χ4v) is 0.567. The molecule has 0 fully saturated rings. The lowest BCUT2D eigenvalue weighted by Gasteiger charge is -2.13. The molecule has 0 atom stereocenters. The van der Waals surface area contributed by atoms with Gasteiger partial charge in [0, 0.05) is 13.5 Å². The Morgan fingerprint density at radius 1 is 1.33 bits per heavy atom. The molecule has 1 aliphatic heterocycles. The summed E-state index contributed by atoms with van der Waals surface area (Å²) in [6.45, 7) is 1.91. The summed E-state index contributed by atoms with van der Waals surface area (Å²) < 4.78 is 4.93. The molecular formula is C4H8N4O. The minimum atomic E-state index is -0.806. The van der Waals surface area contributed by atoms with Gasteiger partial charge in [0.25, 0.3) is 5.85 Å². The number of rotatable bonds is 2. The zero-order chi connectivity index (χ0) is 6.74. The van der Waals surface area contributed by atoms with E-state index in [0.29, 0.717) is 6.42 Å². The van der Waals surface area contributed by atoms with Crippen LogP contribution >= 0.6 is 0 Å². The van der Waals surface area contributed by atoms with Gasteiger partial charge in [0.2, 0.25) is 0 Å². The molecule has 0 saturated carbocycles. The monoisotopic (exact) mass is 128 g/mol. The van der Waals surface area contributed by atoms with Gasteiger partial charge in [0.05, 0.1) is 0 Å². The van der Waals surface area contributed by atoms with Gasteiger partial charge in [-0.1, -0.05) is 6.92 Å². The highest BCUT2D eigenvalue weighted by molar-refractivity contribution is 4.70. The molecule has 0 aliphatic carbocycles. The first-order chi connectivity index (χ1) is 4.33. The van der Waals surface area contributed by atoms with Gasteiger partial charge in [0.1, 0.15) is 0 Å². The fraction of sp³-hybridized carbons (Fsp3) is 1.00. The smallest absolute Gasteiger partial charge is 0.297 e. The molecule has 0 unspecified atom stereocenters. The van der Waals surface area contributed by atoms with Crippen LogP contribution in [0.5, 0.6) is 0 Å². The van der Waals surface area contributed by atoms with Crippen LogP contribution in [0, 0.1) is 0 Å². The summed E-state index contributed by atoms with van der Waals surface area (Å²) in [6.07, 6.45) is 0.663. The van der Waals surface area contributed by atoms with E-state index in [2.05, 4.69) is 20.7 Å². The zero-order valence-electron chi connectivity index (χ0n) is 5.40. The van der Waals surface area contributed by atoms with E-state index in [9.17, 15) is 0 Å². The second-order valence-electron chi connectivity index (χ2n) is 1.68. The van der Waals surface area contributed by atoms with Crippen molar-refractivity contribution in [2.24, 2.45) is 20.7 Å². The molecule has 0 radical (unpaired) electrons. The van der Waals surface area contributed by atoms with Crippen LogP contribution in [-0.2, 0) is 4.74 Å². The molecule has 5 heteroatoms. The van der Waals surface area contributed by atoms with E-state index in [1.807, 2.05) is 6.92 Å². The summed E-state index contributed by atoms with van der Waals surface area (Å²) in [5, 5.41) is 14.0. The van der Waals surface area contributed by atoms with Crippen LogP contribution in [-0.4, -0.2) is 13.0 Å². The summed E-state index contributed by atoms with van der Waals surface area (Å²) in [5.41, 5.74) is 0. The maximum Gasteiger partial charge on any atom is 0.297 e. The van der Waals surface area contributed by atoms with Crippen LogP contribution in [0.15, 0.2) is 20.7 Å². The molecule has 0 saturated heterocycles. The van der Waals surface area contributed by atoms with Gasteiger partial charge in [-0.15, -0.1) is 10.2 Å². The first-order valence-electron chi connectivity index (χ1n) is 2.72. The zero-order valence-corrected chi connectivity index (χ0v) is 5.40. The summed E-state index contributed by atoms with van der Waals surface area (Å²) in [5.74, 6) is -0.806. The Morgan fingerprint density at radius 3 is 2.11 bits per heavy atom. The number of nitrogens with zero attached hydrogens (tertiary/aromatic N) is 4. The summed E-state index contributed by atoms with van der Waals surface area (Å²) in [7, 11) is 1.53. The number of ether oxygens (including phenoxy) is 1. The Bertz CT molecular complexity index is 135. The lowest BCUT2D eigenvalue weighted by atomic mass is 10.3. The van der Waals surface area contributed by atoms with Crippen LogP contribution in [0.25, 0.3) is 0 Å². The van der Waals surface area contributed by atoms with E-state index in [4.69, 9.17) is 4.74 Å². The second-order valence-corrected chi connectivity index (χ2v) is 1.68.